The zero-order valence-electron chi connectivity index (χ0n) is 11.1. The fourth-order valence-corrected chi connectivity index (χ4v) is 3.93. The first kappa shape index (κ1) is 15.3. The van der Waals surface area contributed by atoms with Crippen LogP contribution in [0, 0.1) is 11.6 Å². The summed E-state index contributed by atoms with van der Waals surface area (Å²) in [6.07, 6.45) is 3.12. The van der Waals surface area contributed by atoms with Crippen LogP contribution in [-0.2, 0) is 10.0 Å². The first-order valence-corrected chi connectivity index (χ1v) is 8.08. The molecule has 1 saturated carbocycles. The fraction of sp³-hybridized carbons (Fsp3) is 0.538. The van der Waals surface area contributed by atoms with E-state index in [1.54, 1.807) is 0 Å². The highest BCUT2D eigenvalue weighted by Gasteiger charge is 2.34. The number of hydrogen-bond donors (Lipinski definition) is 1. The van der Waals surface area contributed by atoms with Crippen LogP contribution in [0.15, 0.2) is 23.1 Å². The Labute approximate surface area is 117 Å². The molecule has 0 atom stereocenters. The SMILES string of the molecule is NCCCN(C1CCC1)S(=O)(=O)c1ccc(F)c(F)c1. The summed E-state index contributed by atoms with van der Waals surface area (Å²) in [5.41, 5.74) is 5.43. The minimum atomic E-state index is -3.80. The van der Waals surface area contributed by atoms with E-state index in [0.717, 1.165) is 37.5 Å². The fourth-order valence-electron chi connectivity index (χ4n) is 2.19. The second-order valence-corrected chi connectivity index (χ2v) is 6.81. The van der Waals surface area contributed by atoms with E-state index in [4.69, 9.17) is 5.73 Å². The molecule has 0 unspecified atom stereocenters. The Hall–Kier alpha value is -1.05. The van der Waals surface area contributed by atoms with Crippen molar-refractivity contribution in [1.82, 2.24) is 4.31 Å². The lowest BCUT2D eigenvalue weighted by Gasteiger charge is -2.36. The molecule has 7 heteroatoms. The van der Waals surface area contributed by atoms with Gasteiger partial charge in [-0.05, 0) is 44.0 Å². The van der Waals surface area contributed by atoms with Gasteiger partial charge in [0, 0.05) is 12.6 Å². The Morgan fingerprint density at radius 2 is 1.95 bits per heavy atom. The van der Waals surface area contributed by atoms with Crippen LogP contribution in [0.2, 0.25) is 0 Å². The minimum Gasteiger partial charge on any atom is -0.330 e. The smallest absolute Gasteiger partial charge is 0.243 e. The average molecular weight is 304 g/mol. The van der Waals surface area contributed by atoms with Crippen LogP contribution in [0.3, 0.4) is 0 Å². The van der Waals surface area contributed by atoms with Crippen molar-refractivity contribution in [2.24, 2.45) is 5.73 Å². The van der Waals surface area contributed by atoms with Crippen LogP contribution in [0.4, 0.5) is 8.78 Å². The Morgan fingerprint density at radius 3 is 2.45 bits per heavy atom. The largest absolute Gasteiger partial charge is 0.330 e. The number of sulfonamides is 1. The van der Waals surface area contributed by atoms with Crippen molar-refractivity contribution >= 4 is 10.0 Å². The highest BCUT2D eigenvalue weighted by atomic mass is 32.2. The number of nitrogens with two attached hydrogens (primary N) is 1. The van der Waals surface area contributed by atoms with Crippen LogP contribution in [-0.4, -0.2) is 31.9 Å². The molecule has 1 aliphatic carbocycles. The minimum absolute atomic E-state index is 0.0559. The Morgan fingerprint density at radius 1 is 1.25 bits per heavy atom. The van der Waals surface area contributed by atoms with Crippen LogP contribution >= 0.6 is 0 Å². The Kier molecular flexibility index (Phi) is 4.72. The molecule has 0 aromatic heterocycles. The second-order valence-electron chi connectivity index (χ2n) is 4.92. The van der Waals surface area contributed by atoms with Gasteiger partial charge in [0.25, 0.3) is 0 Å². The van der Waals surface area contributed by atoms with Crippen LogP contribution in [0.25, 0.3) is 0 Å². The first-order valence-electron chi connectivity index (χ1n) is 6.64. The van der Waals surface area contributed by atoms with Crippen LogP contribution < -0.4 is 5.73 Å². The first-order chi connectivity index (χ1) is 9.46. The molecule has 0 heterocycles. The third-order valence-corrected chi connectivity index (χ3v) is 5.51. The number of nitrogens with zero attached hydrogens (tertiary/aromatic N) is 1. The summed E-state index contributed by atoms with van der Waals surface area (Å²) in [6, 6.07) is 2.62. The molecule has 0 saturated heterocycles. The monoisotopic (exact) mass is 304 g/mol. The maximum absolute atomic E-state index is 13.2. The molecule has 1 aromatic carbocycles. The van der Waals surface area contributed by atoms with Crippen molar-refractivity contribution in [3.63, 3.8) is 0 Å². The predicted molar refractivity (Wildman–Crippen MR) is 71.6 cm³/mol. The maximum Gasteiger partial charge on any atom is 0.243 e. The number of halogens is 2. The molecule has 1 aliphatic rings. The summed E-state index contributed by atoms with van der Waals surface area (Å²) in [6.45, 7) is 0.693. The molecule has 0 aliphatic heterocycles. The van der Waals surface area contributed by atoms with E-state index in [0.29, 0.717) is 19.5 Å². The molecule has 20 heavy (non-hydrogen) atoms. The van der Waals surface area contributed by atoms with Crippen molar-refractivity contribution in [3.05, 3.63) is 29.8 Å². The van der Waals surface area contributed by atoms with Crippen molar-refractivity contribution in [3.8, 4) is 0 Å². The highest BCUT2D eigenvalue weighted by molar-refractivity contribution is 7.89. The molecule has 0 bridgehead atoms. The predicted octanol–water partition coefficient (Wildman–Crippen LogP) is 1.86. The van der Waals surface area contributed by atoms with Gasteiger partial charge in [-0.3, -0.25) is 0 Å². The van der Waals surface area contributed by atoms with Gasteiger partial charge in [0.15, 0.2) is 11.6 Å². The van der Waals surface area contributed by atoms with Gasteiger partial charge in [-0.1, -0.05) is 6.42 Å². The van der Waals surface area contributed by atoms with E-state index < -0.39 is 21.7 Å². The van der Waals surface area contributed by atoms with Crippen LogP contribution in [0.5, 0.6) is 0 Å². The third kappa shape index (κ3) is 2.99. The van der Waals surface area contributed by atoms with Crippen molar-refractivity contribution < 1.29 is 17.2 Å². The maximum atomic E-state index is 13.2. The molecule has 0 spiro atoms. The molecule has 1 fully saturated rings. The number of benzene rings is 1. The third-order valence-electron chi connectivity index (χ3n) is 3.56. The Balaban J connectivity index is 2.30. The summed E-state index contributed by atoms with van der Waals surface area (Å²) in [4.78, 5) is -0.208. The average Bonchev–Trinajstić information content (AvgIpc) is 2.35. The summed E-state index contributed by atoms with van der Waals surface area (Å²) in [7, 11) is -3.80. The van der Waals surface area contributed by atoms with E-state index in [9.17, 15) is 17.2 Å². The molecule has 4 nitrogen and oxygen atoms in total. The summed E-state index contributed by atoms with van der Waals surface area (Å²) >= 11 is 0. The zero-order chi connectivity index (χ0) is 14.8. The van der Waals surface area contributed by atoms with Gasteiger partial charge in [0.05, 0.1) is 4.90 Å². The van der Waals surface area contributed by atoms with Gasteiger partial charge in [-0.15, -0.1) is 0 Å². The second kappa shape index (κ2) is 6.15. The van der Waals surface area contributed by atoms with E-state index in [1.807, 2.05) is 0 Å². The number of hydrogen-bond acceptors (Lipinski definition) is 3. The highest BCUT2D eigenvalue weighted by Crippen LogP contribution is 2.30. The quantitative estimate of drug-likeness (QED) is 0.872. The molecule has 2 rings (SSSR count). The molecule has 112 valence electrons. The van der Waals surface area contributed by atoms with E-state index >= 15 is 0 Å². The Bertz CT molecular complexity index is 574. The van der Waals surface area contributed by atoms with E-state index in [2.05, 4.69) is 0 Å². The van der Waals surface area contributed by atoms with Gasteiger partial charge in [-0.2, -0.15) is 4.31 Å². The van der Waals surface area contributed by atoms with Crippen molar-refractivity contribution in [2.45, 2.75) is 36.6 Å². The van der Waals surface area contributed by atoms with Gasteiger partial charge in [0.1, 0.15) is 0 Å². The summed E-state index contributed by atoms with van der Waals surface area (Å²) in [5.74, 6) is -2.21. The van der Waals surface area contributed by atoms with E-state index in [-0.39, 0.29) is 10.9 Å². The van der Waals surface area contributed by atoms with Gasteiger partial charge in [0.2, 0.25) is 10.0 Å². The molecule has 1 aromatic rings. The van der Waals surface area contributed by atoms with Crippen molar-refractivity contribution in [1.29, 1.82) is 0 Å². The lowest BCUT2D eigenvalue weighted by molar-refractivity contribution is 0.218. The lowest BCUT2D eigenvalue weighted by Crippen LogP contribution is -2.45. The van der Waals surface area contributed by atoms with Gasteiger partial charge in [-0.25, -0.2) is 17.2 Å². The lowest BCUT2D eigenvalue weighted by atomic mass is 9.93. The van der Waals surface area contributed by atoms with Crippen molar-refractivity contribution in [2.75, 3.05) is 13.1 Å². The molecular formula is C13H18F2N2O2S. The summed E-state index contributed by atoms with van der Waals surface area (Å²) < 4.78 is 52.6. The molecule has 2 N–H and O–H groups in total. The standard InChI is InChI=1S/C13H18F2N2O2S/c14-12-6-5-11(9-13(12)15)20(18,19)17(8-2-7-16)10-3-1-4-10/h5-6,9-10H,1-4,7-8,16H2. The van der Waals surface area contributed by atoms with Gasteiger partial charge >= 0.3 is 0 Å². The zero-order valence-corrected chi connectivity index (χ0v) is 11.9. The summed E-state index contributed by atoms with van der Waals surface area (Å²) in [5, 5.41) is 0. The van der Waals surface area contributed by atoms with Crippen LogP contribution in [0.1, 0.15) is 25.7 Å². The molecular weight excluding hydrogens is 286 g/mol. The molecule has 0 radical (unpaired) electrons. The normalized spacial score (nSPS) is 16.4. The topological polar surface area (TPSA) is 63.4 Å². The van der Waals surface area contributed by atoms with Gasteiger partial charge < -0.3 is 5.73 Å². The molecule has 0 amide bonds. The number of rotatable bonds is 6. The van der Waals surface area contributed by atoms with E-state index in [1.165, 1.54) is 4.31 Å².